The maximum absolute atomic E-state index is 13.5. The molecule has 0 saturated carbocycles. The molecule has 0 spiro atoms. The van der Waals surface area contributed by atoms with Crippen LogP contribution in [0.3, 0.4) is 0 Å². The van der Waals surface area contributed by atoms with Gasteiger partial charge in [-0.05, 0) is 24.5 Å². The minimum atomic E-state index is 0.0156. The van der Waals surface area contributed by atoms with Crippen LogP contribution < -0.4 is 0 Å². The normalized spacial score (nSPS) is 16.1. The van der Waals surface area contributed by atoms with Crippen LogP contribution in [0, 0.1) is 6.92 Å². The van der Waals surface area contributed by atoms with Crippen molar-refractivity contribution in [3.05, 3.63) is 53.4 Å². The fraction of sp³-hybridized carbons (Fsp3) is 0.231. The summed E-state index contributed by atoms with van der Waals surface area (Å²) >= 11 is 0. The molecule has 0 nitrogen and oxygen atoms in total. The summed E-state index contributed by atoms with van der Waals surface area (Å²) in [5.74, 6) is 0.0156. The predicted octanol–water partition coefficient (Wildman–Crippen LogP) is 4.03. The van der Waals surface area contributed by atoms with Crippen molar-refractivity contribution in [1.29, 1.82) is 0 Å². The molecule has 0 aliphatic heterocycles. The minimum Gasteiger partial charge on any atom is -0.211 e. The number of allylic oxidation sites excluding steroid dienone is 4. The summed E-state index contributed by atoms with van der Waals surface area (Å²) in [6.45, 7) is 2.01. The van der Waals surface area contributed by atoms with Gasteiger partial charge in [0, 0.05) is 12.0 Å². The lowest BCUT2D eigenvalue weighted by Gasteiger charge is -2.11. The zero-order valence-electron chi connectivity index (χ0n) is 8.26. The summed E-state index contributed by atoms with van der Waals surface area (Å²) in [7, 11) is 0. The summed E-state index contributed by atoms with van der Waals surface area (Å²) < 4.78 is 13.5. The lowest BCUT2D eigenvalue weighted by molar-refractivity contribution is 0.592. The lowest BCUT2D eigenvalue weighted by Crippen LogP contribution is -1.92. The Labute approximate surface area is 83.8 Å². The second-order valence-electron chi connectivity index (χ2n) is 3.57. The van der Waals surface area contributed by atoms with Crippen molar-refractivity contribution in [1.82, 2.24) is 0 Å². The molecule has 0 heterocycles. The molecule has 0 N–H and O–H groups in total. The molecule has 0 bridgehead atoms. The first-order valence-corrected chi connectivity index (χ1v) is 4.90. The summed E-state index contributed by atoms with van der Waals surface area (Å²) in [6, 6.07) is 7.91. The Hall–Kier alpha value is -1.37. The minimum absolute atomic E-state index is 0.0156. The van der Waals surface area contributed by atoms with Crippen molar-refractivity contribution in [2.45, 2.75) is 19.8 Å². The van der Waals surface area contributed by atoms with Gasteiger partial charge in [0.05, 0.1) is 0 Å². The largest absolute Gasteiger partial charge is 0.211 e. The zero-order valence-corrected chi connectivity index (χ0v) is 8.26. The van der Waals surface area contributed by atoms with Crippen LogP contribution in [0.25, 0.3) is 5.57 Å². The van der Waals surface area contributed by atoms with Crippen molar-refractivity contribution in [2.75, 3.05) is 0 Å². The van der Waals surface area contributed by atoms with Gasteiger partial charge in [0.2, 0.25) is 0 Å². The summed E-state index contributed by atoms with van der Waals surface area (Å²) in [5.41, 5.74) is 2.90. The molecule has 1 aromatic rings. The number of hydrogen-bond acceptors (Lipinski definition) is 0. The number of hydrogen-bond donors (Lipinski definition) is 0. The maximum Gasteiger partial charge on any atom is 0.108 e. The van der Waals surface area contributed by atoms with Gasteiger partial charge in [0.1, 0.15) is 5.83 Å². The van der Waals surface area contributed by atoms with Gasteiger partial charge in [-0.1, -0.05) is 36.4 Å². The monoisotopic (exact) mass is 188 g/mol. The van der Waals surface area contributed by atoms with Gasteiger partial charge in [-0.3, -0.25) is 0 Å². The molecule has 0 radical (unpaired) electrons. The van der Waals surface area contributed by atoms with Gasteiger partial charge in [-0.15, -0.1) is 0 Å². The van der Waals surface area contributed by atoms with E-state index in [1.165, 1.54) is 0 Å². The first-order valence-electron chi connectivity index (χ1n) is 4.90. The summed E-state index contributed by atoms with van der Waals surface area (Å²) in [4.78, 5) is 0. The highest BCUT2D eigenvalue weighted by Gasteiger charge is 2.10. The molecule has 2 rings (SSSR count). The Morgan fingerprint density at radius 2 is 2.00 bits per heavy atom. The Morgan fingerprint density at radius 3 is 2.71 bits per heavy atom. The van der Waals surface area contributed by atoms with E-state index >= 15 is 0 Å². The van der Waals surface area contributed by atoms with Gasteiger partial charge in [-0.2, -0.15) is 0 Å². The smallest absolute Gasteiger partial charge is 0.108 e. The van der Waals surface area contributed by atoms with Crippen molar-refractivity contribution in [2.24, 2.45) is 0 Å². The van der Waals surface area contributed by atoms with E-state index in [4.69, 9.17) is 0 Å². The van der Waals surface area contributed by atoms with E-state index in [0.717, 1.165) is 23.1 Å². The molecule has 0 amide bonds. The zero-order chi connectivity index (χ0) is 9.97. The molecular weight excluding hydrogens is 175 g/mol. The first-order chi connectivity index (χ1) is 6.79. The summed E-state index contributed by atoms with van der Waals surface area (Å²) in [5, 5.41) is 0. The third-order valence-electron chi connectivity index (χ3n) is 2.54. The Bertz CT molecular complexity index is 399. The van der Waals surface area contributed by atoms with Crippen LogP contribution in [0.4, 0.5) is 4.39 Å². The standard InChI is InChI=1S/C13H13F/c1-10-6-2-3-7-11(10)12-8-4-5-9-13(12)14/h2-4,6-8H,5,9H2,1H3. The van der Waals surface area contributed by atoms with Crippen LogP contribution in [0.5, 0.6) is 0 Å². The quantitative estimate of drug-likeness (QED) is 0.624. The molecular formula is C13H13F. The molecule has 14 heavy (non-hydrogen) atoms. The molecule has 0 saturated heterocycles. The molecule has 0 aromatic heterocycles. The van der Waals surface area contributed by atoms with E-state index in [0.29, 0.717) is 6.42 Å². The van der Waals surface area contributed by atoms with E-state index in [2.05, 4.69) is 0 Å². The van der Waals surface area contributed by atoms with E-state index in [-0.39, 0.29) is 5.83 Å². The highest BCUT2D eigenvalue weighted by molar-refractivity contribution is 5.78. The maximum atomic E-state index is 13.5. The fourth-order valence-corrected chi connectivity index (χ4v) is 1.75. The van der Waals surface area contributed by atoms with Crippen LogP contribution in [-0.4, -0.2) is 0 Å². The SMILES string of the molecule is Cc1ccccc1C1=C(F)CCC=C1. The number of aryl methyl sites for hydroxylation is 1. The van der Waals surface area contributed by atoms with Gasteiger partial charge in [0.25, 0.3) is 0 Å². The fourth-order valence-electron chi connectivity index (χ4n) is 1.75. The topological polar surface area (TPSA) is 0 Å². The number of rotatable bonds is 1. The van der Waals surface area contributed by atoms with Gasteiger partial charge < -0.3 is 0 Å². The number of halogens is 1. The van der Waals surface area contributed by atoms with Gasteiger partial charge >= 0.3 is 0 Å². The second-order valence-corrected chi connectivity index (χ2v) is 3.57. The molecule has 1 aliphatic carbocycles. The molecule has 72 valence electrons. The lowest BCUT2D eigenvalue weighted by atomic mass is 9.95. The second kappa shape index (κ2) is 3.79. The van der Waals surface area contributed by atoms with Crippen LogP contribution in [0.1, 0.15) is 24.0 Å². The van der Waals surface area contributed by atoms with E-state index in [9.17, 15) is 4.39 Å². The van der Waals surface area contributed by atoms with Crippen LogP contribution in [-0.2, 0) is 0 Å². The van der Waals surface area contributed by atoms with Crippen molar-refractivity contribution < 1.29 is 4.39 Å². The van der Waals surface area contributed by atoms with Crippen molar-refractivity contribution in [3.63, 3.8) is 0 Å². The Kier molecular flexibility index (Phi) is 2.49. The molecule has 1 aromatic carbocycles. The highest BCUT2D eigenvalue weighted by Crippen LogP contribution is 2.29. The van der Waals surface area contributed by atoms with Crippen molar-refractivity contribution in [3.8, 4) is 0 Å². The van der Waals surface area contributed by atoms with E-state index < -0.39 is 0 Å². The highest BCUT2D eigenvalue weighted by atomic mass is 19.1. The van der Waals surface area contributed by atoms with Crippen LogP contribution in [0.15, 0.2) is 42.2 Å². The van der Waals surface area contributed by atoms with Gasteiger partial charge in [0.15, 0.2) is 0 Å². The average molecular weight is 188 g/mol. The molecule has 1 aliphatic rings. The van der Waals surface area contributed by atoms with E-state index in [1.807, 2.05) is 43.3 Å². The molecule has 0 fully saturated rings. The average Bonchev–Trinajstić information content (AvgIpc) is 2.20. The van der Waals surface area contributed by atoms with Crippen LogP contribution >= 0.6 is 0 Å². The third-order valence-corrected chi connectivity index (χ3v) is 2.54. The Balaban J connectivity index is 2.49. The molecule has 1 heteroatoms. The third kappa shape index (κ3) is 1.63. The molecule has 0 unspecified atom stereocenters. The first kappa shape index (κ1) is 9.20. The van der Waals surface area contributed by atoms with E-state index in [1.54, 1.807) is 0 Å². The van der Waals surface area contributed by atoms with Crippen LogP contribution in [0.2, 0.25) is 0 Å². The summed E-state index contributed by atoms with van der Waals surface area (Å²) in [6.07, 6.45) is 5.29. The Morgan fingerprint density at radius 1 is 1.21 bits per heavy atom. The number of benzene rings is 1. The van der Waals surface area contributed by atoms with Gasteiger partial charge in [-0.25, -0.2) is 4.39 Å². The van der Waals surface area contributed by atoms with Crippen molar-refractivity contribution >= 4 is 5.57 Å². The molecule has 0 atom stereocenters. The predicted molar refractivity (Wildman–Crippen MR) is 57.6 cm³/mol.